The van der Waals surface area contributed by atoms with Crippen LogP contribution in [-0.4, -0.2) is 24.6 Å². The minimum absolute atomic E-state index is 0. The number of hydrogen-bond acceptors (Lipinski definition) is 3. The van der Waals surface area contributed by atoms with Crippen molar-refractivity contribution in [2.75, 3.05) is 6.61 Å². The molecule has 0 heterocycles. The minimum atomic E-state index is -0.0720. The zero-order valence-electron chi connectivity index (χ0n) is 13.0. The smallest absolute Gasteiger partial charge is 0.258 e. The third-order valence-electron chi connectivity index (χ3n) is 4.90. The molecule has 0 aliphatic heterocycles. The Labute approximate surface area is 148 Å². The molecule has 2 aliphatic rings. The Kier molecular flexibility index (Phi) is 6.57. The number of carbonyl (C=O) groups is 1. The molecule has 128 valence electrons. The molecule has 0 saturated heterocycles. The van der Waals surface area contributed by atoms with Gasteiger partial charge in [0.25, 0.3) is 5.91 Å². The van der Waals surface area contributed by atoms with Crippen LogP contribution in [0.1, 0.15) is 32.1 Å². The number of carbonyl (C=O) groups excluding carboxylic acids is 1. The maximum atomic E-state index is 12.2. The van der Waals surface area contributed by atoms with E-state index in [4.69, 9.17) is 22.1 Å². The molecule has 2 unspecified atom stereocenters. The third kappa shape index (κ3) is 4.52. The van der Waals surface area contributed by atoms with Crippen LogP contribution in [-0.2, 0) is 4.79 Å². The summed E-state index contributed by atoms with van der Waals surface area (Å²) in [5.74, 6) is 1.51. The third-order valence-corrected chi connectivity index (χ3v) is 5.21. The Bertz CT molecular complexity index is 527. The Morgan fingerprint density at radius 1 is 1.26 bits per heavy atom. The first-order valence-corrected chi connectivity index (χ1v) is 8.43. The Hall–Kier alpha value is -0.970. The molecule has 1 aromatic rings. The lowest BCUT2D eigenvalue weighted by atomic mass is 9.67. The number of nitrogens with two attached hydrogens (primary N) is 1. The second kappa shape index (κ2) is 8.22. The summed E-state index contributed by atoms with van der Waals surface area (Å²) in [4.78, 5) is 12.2. The van der Waals surface area contributed by atoms with E-state index in [1.165, 1.54) is 19.3 Å². The van der Waals surface area contributed by atoms with Gasteiger partial charge in [0, 0.05) is 12.1 Å². The van der Waals surface area contributed by atoms with E-state index >= 15 is 0 Å². The van der Waals surface area contributed by atoms with Crippen LogP contribution in [0.3, 0.4) is 0 Å². The summed E-state index contributed by atoms with van der Waals surface area (Å²) < 4.78 is 5.51. The SMILES string of the molecule is Cl.NC1CC2CCCC(C1)C2NC(=O)COc1ccccc1Cl. The molecule has 2 atom stereocenters. The van der Waals surface area contributed by atoms with E-state index in [2.05, 4.69) is 5.32 Å². The normalized spacial score (nSPS) is 29.3. The quantitative estimate of drug-likeness (QED) is 0.868. The number of halogens is 2. The largest absolute Gasteiger partial charge is 0.482 e. The van der Waals surface area contributed by atoms with Crippen LogP contribution in [0.15, 0.2) is 24.3 Å². The maximum Gasteiger partial charge on any atom is 0.258 e. The molecule has 1 amide bonds. The monoisotopic (exact) mass is 358 g/mol. The lowest BCUT2D eigenvalue weighted by molar-refractivity contribution is -0.125. The van der Waals surface area contributed by atoms with Crippen molar-refractivity contribution in [1.29, 1.82) is 0 Å². The van der Waals surface area contributed by atoms with Gasteiger partial charge in [-0.25, -0.2) is 0 Å². The second-order valence-corrected chi connectivity index (χ2v) is 6.90. The van der Waals surface area contributed by atoms with Gasteiger partial charge >= 0.3 is 0 Å². The van der Waals surface area contributed by atoms with Gasteiger partial charge in [-0.05, 0) is 49.7 Å². The average Bonchev–Trinajstić information content (AvgIpc) is 2.47. The number of fused-ring (bicyclic) bond motifs is 2. The first-order valence-electron chi connectivity index (χ1n) is 8.05. The maximum absolute atomic E-state index is 12.2. The second-order valence-electron chi connectivity index (χ2n) is 6.49. The Balaban J connectivity index is 0.00000192. The predicted molar refractivity (Wildman–Crippen MR) is 94.2 cm³/mol. The molecule has 2 saturated carbocycles. The first kappa shape index (κ1) is 18.4. The fraction of sp³-hybridized carbons (Fsp3) is 0.588. The van der Waals surface area contributed by atoms with E-state index in [9.17, 15) is 4.79 Å². The van der Waals surface area contributed by atoms with Crippen molar-refractivity contribution in [3.63, 3.8) is 0 Å². The summed E-state index contributed by atoms with van der Waals surface area (Å²) in [6.07, 6.45) is 5.63. The van der Waals surface area contributed by atoms with E-state index in [1.807, 2.05) is 12.1 Å². The van der Waals surface area contributed by atoms with Crippen LogP contribution in [0.25, 0.3) is 0 Å². The standard InChI is InChI=1S/C17H23ClN2O2.ClH/c18-14-6-1-2-7-15(14)22-10-16(21)20-17-11-4-3-5-12(17)9-13(19)8-11;/h1-2,6-7,11-13,17H,3-5,8-10,19H2,(H,20,21);1H. The molecule has 2 bridgehead atoms. The molecule has 0 aromatic heterocycles. The lowest BCUT2D eigenvalue weighted by Crippen LogP contribution is -2.54. The number of nitrogens with one attached hydrogen (secondary N) is 1. The van der Waals surface area contributed by atoms with Crippen molar-refractivity contribution in [2.24, 2.45) is 17.6 Å². The molecular formula is C17H24Cl2N2O2. The van der Waals surface area contributed by atoms with Crippen LogP contribution in [0.5, 0.6) is 5.75 Å². The molecule has 2 fully saturated rings. The van der Waals surface area contributed by atoms with Crippen LogP contribution in [0, 0.1) is 11.8 Å². The van der Waals surface area contributed by atoms with Crippen LogP contribution in [0.4, 0.5) is 0 Å². The highest BCUT2D eigenvalue weighted by atomic mass is 35.5. The van der Waals surface area contributed by atoms with Gasteiger partial charge in [-0.2, -0.15) is 0 Å². The number of para-hydroxylation sites is 1. The van der Waals surface area contributed by atoms with E-state index in [-0.39, 0.29) is 31.0 Å². The van der Waals surface area contributed by atoms with Crippen molar-refractivity contribution in [3.05, 3.63) is 29.3 Å². The van der Waals surface area contributed by atoms with Crippen LogP contribution >= 0.6 is 24.0 Å². The van der Waals surface area contributed by atoms with Crippen LogP contribution < -0.4 is 15.8 Å². The minimum Gasteiger partial charge on any atom is -0.482 e. The number of hydrogen-bond donors (Lipinski definition) is 2. The molecule has 3 N–H and O–H groups in total. The molecule has 4 nitrogen and oxygen atoms in total. The van der Waals surface area contributed by atoms with Gasteiger partial charge in [-0.15, -0.1) is 12.4 Å². The number of amides is 1. The van der Waals surface area contributed by atoms with E-state index < -0.39 is 0 Å². The molecule has 0 spiro atoms. The van der Waals surface area contributed by atoms with Gasteiger partial charge in [-0.1, -0.05) is 30.2 Å². The topological polar surface area (TPSA) is 64.3 Å². The van der Waals surface area contributed by atoms with Crippen molar-refractivity contribution < 1.29 is 9.53 Å². The van der Waals surface area contributed by atoms with Crippen LogP contribution in [0.2, 0.25) is 5.02 Å². The highest BCUT2D eigenvalue weighted by molar-refractivity contribution is 6.32. The Morgan fingerprint density at radius 3 is 2.57 bits per heavy atom. The van der Waals surface area contributed by atoms with Gasteiger partial charge in [0.2, 0.25) is 0 Å². The highest BCUT2D eigenvalue weighted by Crippen LogP contribution is 2.39. The summed E-state index contributed by atoms with van der Waals surface area (Å²) in [7, 11) is 0. The summed E-state index contributed by atoms with van der Waals surface area (Å²) in [5.41, 5.74) is 6.12. The molecule has 3 rings (SSSR count). The zero-order valence-corrected chi connectivity index (χ0v) is 14.6. The van der Waals surface area contributed by atoms with E-state index in [1.54, 1.807) is 12.1 Å². The molecular weight excluding hydrogens is 335 g/mol. The lowest BCUT2D eigenvalue weighted by Gasteiger charge is -2.45. The summed E-state index contributed by atoms with van der Waals surface area (Å²) >= 11 is 6.02. The number of ether oxygens (including phenoxy) is 1. The molecule has 6 heteroatoms. The van der Waals surface area contributed by atoms with Crippen molar-refractivity contribution in [2.45, 2.75) is 44.2 Å². The molecule has 1 aromatic carbocycles. The number of rotatable bonds is 4. The fourth-order valence-electron chi connectivity index (χ4n) is 3.96. The molecule has 0 radical (unpaired) electrons. The van der Waals surface area contributed by atoms with Crippen molar-refractivity contribution >= 4 is 29.9 Å². The molecule has 2 aliphatic carbocycles. The predicted octanol–water partition coefficient (Wildman–Crippen LogP) is 3.16. The fourth-order valence-corrected chi connectivity index (χ4v) is 4.15. The van der Waals surface area contributed by atoms with Gasteiger partial charge in [-0.3, -0.25) is 4.79 Å². The zero-order chi connectivity index (χ0) is 15.5. The summed E-state index contributed by atoms with van der Waals surface area (Å²) in [5, 5.41) is 3.69. The van der Waals surface area contributed by atoms with Crippen molar-refractivity contribution in [1.82, 2.24) is 5.32 Å². The van der Waals surface area contributed by atoms with Gasteiger partial charge < -0.3 is 15.8 Å². The summed E-state index contributed by atoms with van der Waals surface area (Å²) in [6.45, 7) is 0.00568. The van der Waals surface area contributed by atoms with E-state index in [0.717, 1.165) is 12.8 Å². The first-order chi connectivity index (χ1) is 10.6. The average molecular weight is 359 g/mol. The summed E-state index contributed by atoms with van der Waals surface area (Å²) in [6, 6.07) is 7.75. The number of benzene rings is 1. The van der Waals surface area contributed by atoms with Gasteiger partial charge in [0.05, 0.1) is 5.02 Å². The Morgan fingerprint density at radius 2 is 1.91 bits per heavy atom. The van der Waals surface area contributed by atoms with E-state index in [0.29, 0.717) is 28.6 Å². The highest BCUT2D eigenvalue weighted by Gasteiger charge is 2.39. The van der Waals surface area contributed by atoms with Crippen molar-refractivity contribution in [3.8, 4) is 5.75 Å². The molecule has 23 heavy (non-hydrogen) atoms. The van der Waals surface area contributed by atoms with Gasteiger partial charge in [0.15, 0.2) is 6.61 Å². The van der Waals surface area contributed by atoms with Gasteiger partial charge in [0.1, 0.15) is 5.75 Å².